The van der Waals surface area contributed by atoms with Crippen LogP contribution in [0.5, 0.6) is 5.75 Å². The van der Waals surface area contributed by atoms with Gasteiger partial charge in [0.05, 0.1) is 12.7 Å². The fraction of sp³-hybridized carbons (Fsp3) is 0.632. The van der Waals surface area contributed by atoms with Crippen molar-refractivity contribution < 1.29 is 14.3 Å². The monoisotopic (exact) mass is 351 g/mol. The van der Waals surface area contributed by atoms with Gasteiger partial charge in [-0.3, -0.25) is 0 Å². The lowest BCUT2D eigenvalue weighted by Gasteiger charge is -2.11. The van der Waals surface area contributed by atoms with Crippen molar-refractivity contribution in [3.05, 3.63) is 29.3 Å². The number of esters is 1. The van der Waals surface area contributed by atoms with Gasteiger partial charge in [0.25, 0.3) is 0 Å². The van der Waals surface area contributed by atoms with E-state index in [0.717, 1.165) is 23.5 Å². The third-order valence-corrected chi connectivity index (χ3v) is 5.34. The van der Waals surface area contributed by atoms with Gasteiger partial charge in [0, 0.05) is 5.56 Å². The van der Waals surface area contributed by atoms with Gasteiger partial charge in [0.1, 0.15) is 11.9 Å². The molecule has 1 atom stereocenters. The van der Waals surface area contributed by atoms with Crippen LogP contribution < -0.4 is 4.74 Å². The highest BCUT2D eigenvalue weighted by atomic mass is 32.2. The Morgan fingerprint density at radius 1 is 1.17 bits per heavy atom. The number of nitrogens with zero attached hydrogens (tertiary/aromatic N) is 1. The standard InChI is InChI=1S/C19H29NO3S/c1-20(2)11-6-4-5-7-12-24-13-10-18-17-14-15(22-3)8-9-16(17)19(21)23-18/h8-9,14,18H,4-7,10-13H2,1-3H3. The van der Waals surface area contributed by atoms with E-state index in [4.69, 9.17) is 9.47 Å². The van der Waals surface area contributed by atoms with Crippen LogP contribution in [0.25, 0.3) is 0 Å². The Kier molecular flexibility index (Phi) is 7.92. The van der Waals surface area contributed by atoms with E-state index >= 15 is 0 Å². The van der Waals surface area contributed by atoms with E-state index in [0.29, 0.717) is 5.56 Å². The fourth-order valence-corrected chi connectivity index (χ4v) is 3.86. The molecular weight excluding hydrogens is 322 g/mol. The minimum Gasteiger partial charge on any atom is -0.497 e. The number of thioether (sulfide) groups is 1. The minimum absolute atomic E-state index is 0.116. The molecule has 0 fully saturated rings. The van der Waals surface area contributed by atoms with E-state index in [-0.39, 0.29) is 12.1 Å². The van der Waals surface area contributed by atoms with Crippen LogP contribution >= 0.6 is 11.8 Å². The second-order valence-corrected chi connectivity index (χ2v) is 7.69. The van der Waals surface area contributed by atoms with Crippen molar-refractivity contribution in [1.29, 1.82) is 0 Å². The summed E-state index contributed by atoms with van der Waals surface area (Å²) in [5, 5.41) is 0. The summed E-state index contributed by atoms with van der Waals surface area (Å²) in [6, 6.07) is 5.55. The van der Waals surface area contributed by atoms with Gasteiger partial charge in [-0.25, -0.2) is 4.79 Å². The Balaban J connectivity index is 1.63. The molecule has 0 bridgehead atoms. The molecule has 0 spiro atoms. The molecule has 0 N–H and O–H groups in total. The maximum Gasteiger partial charge on any atom is 0.339 e. The first-order valence-corrected chi connectivity index (χ1v) is 9.88. The maximum atomic E-state index is 11.9. The Morgan fingerprint density at radius 2 is 1.96 bits per heavy atom. The number of hydrogen-bond donors (Lipinski definition) is 0. The van der Waals surface area contributed by atoms with Crippen molar-refractivity contribution in [1.82, 2.24) is 4.90 Å². The van der Waals surface area contributed by atoms with Crippen molar-refractivity contribution in [2.45, 2.75) is 38.2 Å². The highest BCUT2D eigenvalue weighted by molar-refractivity contribution is 7.99. The largest absolute Gasteiger partial charge is 0.497 e. The Hall–Kier alpha value is -1.20. The Bertz CT molecular complexity index is 533. The molecule has 134 valence electrons. The zero-order valence-electron chi connectivity index (χ0n) is 15.0. The summed E-state index contributed by atoms with van der Waals surface area (Å²) in [5.41, 5.74) is 1.66. The molecule has 2 rings (SSSR count). The van der Waals surface area contributed by atoms with Crippen LogP contribution in [0.3, 0.4) is 0 Å². The van der Waals surface area contributed by atoms with Crippen LogP contribution in [-0.4, -0.2) is 50.1 Å². The van der Waals surface area contributed by atoms with E-state index in [1.165, 1.54) is 38.0 Å². The first kappa shape index (κ1) is 19.1. The summed E-state index contributed by atoms with van der Waals surface area (Å²) < 4.78 is 10.8. The SMILES string of the molecule is COc1ccc2c(c1)C(CCSCCCCCCN(C)C)OC2=O. The predicted molar refractivity (Wildman–Crippen MR) is 100 cm³/mol. The lowest BCUT2D eigenvalue weighted by atomic mass is 10.0. The number of ether oxygens (including phenoxy) is 2. The molecule has 1 aliphatic heterocycles. The number of hydrogen-bond acceptors (Lipinski definition) is 5. The van der Waals surface area contributed by atoms with Gasteiger partial charge in [0.15, 0.2) is 0 Å². The normalized spacial score (nSPS) is 16.3. The smallest absolute Gasteiger partial charge is 0.339 e. The summed E-state index contributed by atoms with van der Waals surface area (Å²) in [6.07, 6.45) is 5.93. The zero-order chi connectivity index (χ0) is 17.4. The lowest BCUT2D eigenvalue weighted by molar-refractivity contribution is 0.0381. The van der Waals surface area contributed by atoms with E-state index in [1.807, 2.05) is 23.9 Å². The van der Waals surface area contributed by atoms with E-state index < -0.39 is 0 Å². The molecule has 0 aliphatic carbocycles. The van der Waals surface area contributed by atoms with Crippen molar-refractivity contribution >= 4 is 17.7 Å². The summed E-state index contributed by atoms with van der Waals surface area (Å²) in [7, 11) is 5.89. The average Bonchev–Trinajstić information content (AvgIpc) is 2.88. The lowest BCUT2D eigenvalue weighted by Crippen LogP contribution is -2.12. The van der Waals surface area contributed by atoms with Crippen molar-refractivity contribution in [3.8, 4) is 5.75 Å². The topological polar surface area (TPSA) is 38.8 Å². The number of carbonyl (C=O) groups is 1. The number of benzene rings is 1. The molecule has 24 heavy (non-hydrogen) atoms. The maximum absolute atomic E-state index is 11.9. The first-order chi connectivity index (χ1) is 11.6. The van der Waals surface area contributed by atoms with Gasteiger partial charge in [-0.15, -0.1) is 0 Å². The average molecular weight is 352 g/mol. The van der Waals surface area contributed by atoms with Gasteiger partial charge in [-0.2, -0.15) is 11.8 Å². The molecule has 0 amide bonds. The zero-order valence-corrected chi connectivity index (χ0v) is 15.9. The molecule has 1 heterocycles. The van der Waals surface area contributed by atoms with Gasteiger partial charge in [0.2, 0.25) is 0 Å². The van der Waals surface area contributed by atoms with E-state index in [9.17, 15) is 4.79 Å². The summed E-state index contributed by atoms with van der Waals surface area (Å²) in [4.78, 5) is 14.1. The molecule has 1 aromatic rings. The van der Waals surface area contributed by atoms with Crippen LogP contribution in [0.2, 0.25) is 0 Å². The van der Waals surface area contributed by atoms with Crippen LogP contribution in [0.1, 0.15) is 54.1 Å². The predicted octanol–water partition coefficient (Wildman–Crippen LogP) is 4.15. The van der Waals surface area contributed by atoms with Gasteiger partial charge in [-0.1, -0.05) is 12.8 Å². The molecule has 0 saturated heterocycles. The third-order valence-electron chi connectivity index (χ3n) is 4.24. The van der Waals surface area contributed by atoms with Crippen molar-refractivity contribution in [2.24, 2.45) is 0 Å². The van der Waals surface area contributed by atoms with E-state index in [2.05, 4.69) is 19.0 Å². The number of rotatable bonds is 11. The van der Waals surface area contributed by atoms with Crippen molar-refractivity contribution in [2.75, 3.05) is 39.3 Å². The highest BCUT2D eigenvalue weighted by Gasteiger charge is 2.30. The summed E-state index contributed by atoms with van der Waals surface area (Å²) in [6.45, 7) is 1.18. The molecule has 4 nitrogen and oxygen atoms in total. The quantitative estimate of drug-likeness (QED) is 0.442. The Morgan fingerprint density at radius 3 is 2.71 bits per heavy atom. The molecule has 0 aromatic heterocycles. The molecule has 5 heteroatoms. The van der Waals surface area contributed by atoms with Crippen LogP contribution in [0.15, 0.2) is 18.2 Å². The van der Waals surface area contributed by atoms with E-state index in [1.54, 1.807) is 13.2 Å². The molecular formula is C19H29NO3S. The number of methoxy groups -OCH3 is 1. The summed E-state index contributed by atoms with van der Waals surface area (Å²) >= 11 is 1.96. The molecule has 0 radical (unpaired) electrons. The number of fused-ring (bicyclic) bond motifs is 1. The molecule has 0 saturated carbocycles. The number of unbranched alkanes of at least 4 members (excludes halogenated alkanes) is 3. The first-order valence-electron chi connectivity index (χ1n) is 8.73. The van der Waals surface area contributed by atoms with Crippen molar-refractivity contribution in [3.63, 3.8) is 0 Å². The van der Waals surface area contributed by atoms with Crippen LogP contribution in [0, 0.1) is 0 Å². The number of carbonyl (C=O) groups excluding carboxylic acids is 1. The molecule has 1 aliphatic rings. The van der Waals surface area contributed by atoms with Crippen LogP contribution in [-0.2, 0) is 4.74 Å². The van der Waals surface area contributed by atoms with Crippen LogP contribution in [0.4, 0.5) is 0 Å². The summed E-state index contributed by atoms with van der Waals surface area (Å²) in [5.74, 6) is 2.78. The molecule has 1 unspecified atom stereocenters. The Labute approximate surface area is 149 Å². The fourth-order valence-electron chi connectivity index (χ4n) is 2.87. The van der Waals surface area contributed by atoms with Gasteiger partial charge >= 0.3 is 5.97 Å². The minimum atomic E-state index is -0.205. The number of cyclic esters (lactones) is 1. The van der Waals surface area contributed by atoms with Gasteiger partial charge in [-0.05, 0) is 69.6 Å². The second-order valence-electron chi connectivity index (χ2n) is 6.47. The third kappa shape index (κ3) is 5.71. The highest BCUT2D eigenvalue weighted by Crippen LogP contribution is 2.36. The second kappa shape index (κ2) is 9.94. The van der Waals surface area contributed by atoms with Gasteiger partial charge < -0.3 is 14.4 Å². The molecule has 1 aromatic carbocycles.